The van der Waals surface area contributed by atoms with E-state index in [4.69, 9.17) is 4.74 Å². The zero-order valence-electron chi connectivity index (χ0n) is 13.5. The van der Waals surface area contributed by atoms with E-state index in [1.807, 2.05) is 35.2 Å². The standard InChI is InChI=1S/C18H25NO3/c1-14-7-6-8-15(2)19(14)17(20)13-22-18(21)12-11-16-9-4-3-5-10-16/h3-5,9-10,14-15H,6-8,11-13H2,1-2H3/t14-,15+. The number of likely N-dealkylation sites (tertiary alicyclic amines) is 1. The Bertz CT molecular complexity index is 490. The van der Waals surface area contributed by atoms with Gasteiger partial charge in [0, 0.05) is 18.5 Å². The van der Waals surface area contributed by atoms with Crippen molar-refractivity contribution < 1.29 is 14.3 Å². The van der Waals surface area contributed by atoms with E-state index in [0.29, 0.717) is 12.8 Å². The number of hydrogen-bond donors (Lipinski definition) is 0. The second kappa shape index (κ2) is 7.97. The SMILES string of the molecule is C[C@@H]1CCC[C@H](C)N1C(=O)COC(=O)CCc1ccccc1. The third-order valence-electron chi connectivity index (χ3n) is 4.30. The van der Waals surface area contributed by atoms with Crippen LogP contribution in [0.1, 0.15) is 45.1 Å². The minimum Gasteiger partial charge on any atom is -0.456 e. The maximum Gasteiger partial charge on any atom is 0.306 e. The molecule has 4 nitrogen and oxygen atoms in total. The number of benzene rings is 1. The van der Waals surface area contributed by atoms with Gasteiger partial charge in [-0.15, -0.1) is 0 Å². The van der Waals surface area contributed by atoms with Crippen LogP contribution in [-0.4, -0.2) is 35.5 Å². The summed E-state index contributed by atoms with van der Waals surface area (Å²) in [6, 6.07) is 10.3. The minimum atomic E-state index is -0.311. The van der Waals surface area contributed by atoms with Crippen LogP contribution >= 0.6 is 0 Å². The van der Waals surface area contributed by atoms with Gasteiger partial charge in [-0.05, 0) is 45.1 Å². The second-order valence-corrected chi connectivity index (χ2v) is 6.08. The number of rotatable bonds is 5. The van der Waals surface area contributed by atoms with Crippen LogP contribution in [0.2, 0.25) is 0 Å². The van der Waals surface area contributed by atoms with Crippen molar-refractivity contribution >= 4 is 11.9 Å². The molecule has 1 aliphatic heterocycles. The molecule has 2 rings (SSSR count). The zero-order chi connectivity index (χ0) is 15.9. The van der Waals surface area contributed by atoms with E-state index in [1.54, 1.807) is 0 Å². The second-order valence-electron chi connectivity index (χ2n) is 6.08. The van der Waals surface area contributed by atoms with Crippen LogP contribution in [0.4, 0.5) is 0 Å². The molecule has 0 bridgehead atoms. The van der Waals surface area contributed by atoms with Crippen LogP contribution in [-0.2, 0) is 20.7 Å². The highest BCUT2D eigenvalue weighted by molar-refractivity contribution is 5.81. The lowest BCUT2D eigenvalue weighted by Gasteiger charge is -2.38. The van der Waals surface area contributed by atoms with Gasteiger partial charge < -0.3 is 9.64 Å². The highest BCUT2D eigenvalue weighted by Crippen LogP contribution is 2.22. The van der Waals surface area contributed by atoms with Crippen molar-refractivity contribution in [2.24, 2.45) is 0 Å². The topological polar surface area (TPSA) is 46.6 Å². The molecule has 0 saturated carbocycles. The summed E-state index contributed by atoms with van der Waals surface area (Å²) in [6.07, 6.45) is 4.16. The first kappa shape index (κ1) is 16.5. The summed E-state index contributed by atoms with van der Waals surface area (Å²) in [5, 5.41) is 0. The van der Waals surface area contributed by atoms with E-state index in [1.165, 1.54) is 0 Å². The Labute approximate surface area is 132 Å². The molecule has 1 amide bonds. The highest BCUT2D eigenvalue weighted by atomic mass is 16.5. The van der Waals surface area contributed by atoms with E-state index in [0.717, 1.165) is 24.8 Å². The lowest BCUT2D eigenvalue weighted by atomic mass is 9.97. The van der Waals surface area contributed by atoms with E-state index in [2.05, 4.69) is 13.8 Å². The largest absolute Gasteiger partial charge is 0.456 e. The molecule has 1 saturated heterocycles. The summed E-state index contributed by atoms with van der Waals surface area (Å²) in [4.78, 5) is 25.9. The Morgan fingerprint density at radius 3 is 2.41 bits per heavy atom. The van der Waals surface area contributed by atoms with Gasteiger partial charge in [0.05, 0.1) is 0 Å². The molecule has 0 aliphatic carbocycles. The van der Waals surface area contributed by atoms with Gasteiger partial charge in [0.2, 0.25) is 0 Å². The van der Waals surface area contributed by atoms with Gasteiger partial charge in [0.15, 0.2) is 6.61 Å². The predicted octanol–water partition coefficient (Wildman–Crippen LogP) is 2.95. The fraction of sp³-hybridized carbons (Fsp3) is 0.556. The van der Waals surface area contributed by atoms with Gasteiger partial charge in [-0.3, -0.25) is 9.59 Å². The number of hydrogen-bond acceptors (Lipinski definition) is 3. The van der Waals surface area contributed by atoms with Crippen molar-refractivity contribution in [1.29, 1.82) is 0 Å². The number of carbonyl (C=O) groups is 2. The Morgan fingerprint density at radius 1 is 1.14 bits per heavy atom. The molecule has 0 spiro atoms. The number of esters is 1. The van der Waals surface area contributed by atoms with Crippen molar-refractivity contribution in [1.82, 2.24) is 4.90 Å². The first-order valence-electron chi connectivity index (χ1n) is 8.08. The van der Waals surface area contributed by atoms with Crippen LogP contribution in [0.5, 0.6) is 0 Å². The van der Waals surface area contributed by atoms with Crippen molar-refractivity contribution in [3.63, 3.8) is 0 Å². The molecular weight excluding hydrogens is 278 g/mol. The van der Waals surface area contributed by atoms with E-state index < -0.39 is 0 Å². The third-order valence-corrected chi connectivity index (χ3v) is 4.30. The molecule has 22 heavy (non-hydrogen) atoms. The predicted molar refractivity (Wildman–Crippen MR) is 85.3 cm³/mol. The number of piperidine rings is 1. The highest BCUT2D eigenvalue weighted by Gasteiger charge is 2.29. The fourth-order valence-electron chi connectivity index (χ4n) is 3.09. The molecular formula is C18H25NO3. The Balaban J connectivity index is 1.74. The van der Waals surface area contributed by atoms with Gasteiger partial charge in [-0.2, -0.15) is 0 Å². The first-order chi connectivity index (χ1) is 10.6. The van der Waals surface area contributed by atoms with Crippen molar-refractivity contribution in [3.8, 4) is 0 Å². The normalized spacial score (nSPS) is 21.5. The molecule has 1 aliphatic rings. The molecule has 0 unspecified atom stereocenters. The molecule has 2 atom stereocenters. The van der Waals surface area contributed by atoms with Crippen molar-refractivity contribution in [3.05, 3.63) is 35.9 Å². The van der Waals surface area contributed by atoms with Crippen LogP contribution in [0.15, 0.2) is 30.3 Å². The van der Waals surface area contributed by atoms with Crippen molar-refractivity contribution in [2.75, 3.05) is 6.61 Å². The smallest absolute Gasteiger partial charge is 0.306 e. The van der Waals surface area contributed by atoms with E-state index in [-0.39, 0.29) is 30.6 Å². The Morgan fingerprint density at radius 2 is 1.77 bits per heavy atom. The number of nitrogens with zero attached hydrogens (tertiary/aromatic N) is 1. The average molecular weight is 303 g/mol. The lowest BCUT2D eigenvalue weighted by molar-refractivity contribution is -0.154. The van der Waals surface area contributed by atoms with Crippen LogP contribution in [0, 0.1) is 0 Å². The molecule has 0 aromatic heterocycles. The van der Waals surface area contributed by atoms with Crippen LogP contribution in [0.25, 0.3) is 0 Å². The summed E-state index contributed by atoms with van der Waals surface area (Å²) in [7, 11) is 0. The molecule has 1 heterocycles. The number of amides is 1. The number of carbonyl (C=O) groups excluding carboxylic acids is 2. The lowest BCUT2D eigenvalue weighted by Crippen LogP contribution is -2.49. The molecule has 1 aromatic carbocycles. The van der Waals surface area contributed by atoms with Crippen LogP contribution < -0.4 is 0 Å². The Hall–Kier alpha value is -1.84. The Kier molecular flexibility index (Phi) is 5.99. The molecule has 1 fully saturated rings. The first-order valence-corrected chi connectivity index (χ1v) is 8.08. The summed E-state index contributed by atoms with van der Waals surface area (Å²) in [5.74, 6) is -0.387. The molecule has 0 radical (unpaired) electrons. The van der Waals surface area contributed by atoms with E-state index >= 15 is 0 Å². The quantitative estimate of drug-likeness (QED) is 0.786. The van der Waals surface area contributed by atoms with Crippen molar-refractivity contribution in [2.45, 2.75) is 58.0 Å². The number of aryl methyl sites for hydroxylation is 1. The van der Waals surface area contributed by atoms with E-state index in [9.17, 15) is 9.59 Å². The average Bonchev–Trinajstić information content (AvgIpc) is 2.52. The third kappa shape index (κ3) is 4.58. The summed E-state index contributed by atoms with van der Waals surface area (Å²) >= 11 is 0. The molecule has 4 heteroatoms. The molecule has 0 N–H and O–H groups in total. The zero-order valence-corrected chi connectivity index (χ0v) is 13.5. The van der Waals surface area contributed by atoms with Gasteiger partial charge in [0.25, 0.3) is 5.91 Å². The van der Waals surface area contributed by atoms with Gasteiger partial charge in [-0.25, -0.2) is 0 Å². The molecule has 120 valence electrons. The fourth-order valence-corrected chi connectivity index (χ4v) is 3.09. The molecule has 1 aromatic rings. The monoisotopic (exact) mass is 303 g/mol. The number of ether oxygens (including phenoxy) is 1. The van der Waals surface area contributed by atoms with Gasteiger partial charge in [0.1, 0.15) is 0 Å². The summed E-state index contributed by atoms with van der Waals surface area (Å²) in [5.41, 5.74) is 1.10. The van der Waals surface area contributed by atoms with Gasteiger partial charge >= 0.3 is 5.97 Å². The minimum absolute atomic E-state index is 0.0761. The maximum absolute atomic E-state index is 12.2. The van der Waals surface area contributed by atoms with Crippen LogP contribution in [0.3, 0.4) is 0 Å². The van der Waals surface area contributed by atoms with Gasteiger partial charge in [-0.1, -0.05) is 30.3 Å². The summed E-state index contributed by atoms with van der Waals surface area (Å²) < 4.78 is 5.15. The maximum atomic E-state index is 12.2. The summed E-state index contributed by atoms with van der Waals surface area (Å²) in [6.45, 7) is 3.98.